The van der Waals surface area contributed by atoms with E-state index in [0.717, 1.165) is 17.7 Å². The largest absolute Gasteiger partial charge is 0.465 e. The summed E-state index contributed by atoms with van der Waals surface area (Å²) in [6.07, 6.45) is -2.71. The fourth-order valence-electron chi connectivity index (χ4n) is 1.30. The van der Waals surface area contributed by atoms with Crippen molar-refractivity contribution >= 4 is 5.97 Å². The summed E-state index contributed by atoms with van der Waals surface area (Å²) in [7, 11) is 1.64. The molecule has 0 aliphatic rings. The summed E-state index contributed by atoms with van der Waals surface area (Å²) in [6, 6.07) is 0. The molecule has 0 amide bonds. The lowest BCUT2D eigenvalue weighted by Crippen LogP contribution is -2.41. The molecule has 7 heteroatoms. The van der Waals surface area contributed by atoms with E-state index in [9.17, 15) is 18.0 Å². The standard InChI is InChI=1S/C11H21F3N2O2/c1-3-4-7-18-10(17)8-16(6-5-15-2)9-11(12,13)14/h15H,3-9H2,1-2H3. The summed E-state index contributed by atoms with van der Waals surface area (Å²) in [5.74, 6) is -0.608. The molecule has 0 saturated heterocycles. The predicted molar refractivity (Wildman–Crippen MR) is 62.3 cm³/mol. The summed E-state index contributed by atoms with van der Waals surface area (Å²) >= 11 is 0. The first kappa shape index (κ1) is 17.2. The third-order valence-electron chi connectivity index (χ3n) is 2.19. The Kier molecular flexibility index (Phi) is 8.74. The summed E-state index contributed by atoms with van der Waals surface area (Å²) in [5, 5.41) is 2.75. The number of carbonyl (C=O) groups is 1. The van der Waals surface area contributed by atoms with Gasteiger partial charge in [0, 0.05) is 13.1 Å². The molecule has 1 N–H and O–H groups in total. The van der Waals surface area contributed by atoms with E-state index in [1.807, 2.05) is 6.92 Å². The molecule has 0 aliphatic heterocycles. The van der Waals surface area contributed by atoms with Crippen LogP contribution in [0.5, 0.6) is 0 Å². The molecule has 0 atom stereocenters. The Hall–Kier alpha value is -0.820. The summed E-state index contributed by atoms with van der Waals surface area (Å²) < 4.78 is 41.7. The number of ether oxygens (including phenoxy) is 1. The van der Waals surface area contributed by atoms with Crippen molar-refractivity contribution in [2.45, 2.75) is 25.9 Å². The number of nitrogens with one attached hydrogen (secondary N) is 1. The van der Waals surface area contributed by atoms with Gasteiger partial charge in [-0.1, -0.05) is 13.3 Å². The number of hydrogen-bond donors (Lipinski definition) is 1. The number of hydrogen-bond acceptors (Lipinski definition) is 4. The van der Waals surface area contributed by atoms with Crippen molar-refractivity contribution in [3.8, 4) is 0 Å². The van der Waals surface area contributed by atoms with E-state index in [0.29, 0.717) is 6.54 Å². The van der Waals surface area contributed by atoms with Gasteiger partial charge in [-0.05, 0) is 13.5 Å². The van der Waals surface area contributed by atoms with Crippen molar-refractivity contribution < 1.29 is 22.7 Å². The first-order valence-electron chi connectivity index (χ1n) is 5.98. The molecule has 0 saturated carbocycles. The number of nitrogens with zero attached hydrogens (tertiary/aromatic N) is 1. The van der Waals surface area contributed by atoms with Crippen LogP contribution in [0.4, 0.5) is 13.2 Å². The zero-order chi connectivity index (χ0) is 14.0. The van der Waals surface area contributed by atoms with Gasteiger partial charge in [0.25, 0.3) is 0 Å². The molecule has 0 rings (SSSR count). The number of alkyl halides is 3. The number of halogens is 3. The van der Waals surface area contributed by atoms with E-state index in [2.05, 4.69) is 5.32 Å². The maximum atomic E-state index is 12.3. The molecule has 0 aromatic rings. The highest BCUT2D eigenvalue weighted by atomic mass is 19.4. The summed E-state index contributed by atoms with van der Waals surface area (Å²) in [5.41, 5.74) is 0. The van der Waals surface area contributed by atoms with E-state index in [-0.39, 0.29) is 19.7 Å². The number of unbranched alkanes of at least 4 members (excludes halogenated alkanes) is 1. The minimum absolute atomic E-state index is 0.152. The number of rotatable bonds is 9. The van der Waals surface area contributed by atoms with Crippen LogP contribution >= 0.6 is 0 Å². The second-order valence-electron chi connectivity index (χ2n) is 4.00. The van der Waals surface area contributed by atoms with Gasteiger partial charge in [0.15, 0.2) is 0 Å². The van der Waals surface area contributed by atoms with Crippen molar-refractivity contribution in [3.63, 3.8) is 0 Å². The lowest BCUT2D eigenvalue weighted by Gasteiger charge is -2.22. The van der Waals surface area contributed by atoms with Gasteiger partial charge in [0.1, 0.15) is 0 Å². The summed E-state index contributed by atoms with van der Waals surface area (Å²) in [6.45, 7) is 1.32. The molecule has 0 heterocycles. The van der Waals surface area contributed by atoms with Crippen molar-refractivity contribution in [2.24, 2.45) is 0 Å². The Morgan fingerprint density at radius 1 is 1.39 bits per heavy atom. The molecule has 0 aromatic heterocycles. The monoisotopic (exact) mass is 270 g/mol. The highest BCUT2D eigenvalue weighted by molar-refractivity contribution is 5.71. The quantitative estimate of drug-likeness (QED) is 0.508. The fraction of sp³-hybridized carbons (Fsp3) is 0.909. The lowest BCUT2D eigenvalue weighted by molar-refractivity contribution is -0.157. The topological polar surface area (TPSA) is 41.6 Å². The van der Waals surface area contributed by atoms with Crippen LogP contribution in [-0.2, 0) is 9.53 Å². The second-order valence-corrected chi connectivity index (χ2v) is 4.00. The molecule has 108 valence electrons. The van der Waals surface area contributed by atoms with Gasteiger partial charge in [0.2, 0.25) is 0 Å². The van der Waals surface area contributed by atoms with Crippen LogP contribution in [-0.4, -0.2) is 56.9 Å². The molecule has 0 aliphatic carbocycles. The molecule has 18 heavy (non-hydrogen) atoms. The predicted octanol–water partition coefficient (Wildman–Crippen LogP) is 1.41. The molecule has 0 fully saturated rings. The second kappa shape index (κ2) is 9.16. The Morgan fingerprint density at radius 2 is 2.06 bits per heavy atom. The minimum Gasteiger partial charge on any atom is -0.465 e. The van der Waals surface area contributed by atoms with Gasteiger partial charge in [-0.3, -0.25) is 9.69 Å². The van der Waals surface area contributed by atoms with Gasteiger partial charge in [-0.25, -0.2) is 0 Å². The normalized spacial score (nSPS) is 11.9. The Morgan fingerprint density at radius 3 is 2.56 bits per heavy atom. The number of esters is 1. The van der Waals surface area contributed by atoms with E-state index >= 15 is 0 Å². The third kappa shape index (κ3) is 10.3. The van der Waals surface area contributed by atoms with Crippen molar-refractivity contribution in [1.82, 2.24) is 10.2 Å². The molecule has 0 unspecified atom stereocenters. The Labute approximate surface area is 105 Å². The van der Waals surface area contributed by atoms with Crippen LogP contribution in [0.3, 0.4) is 0 Å². The van der Waals surface area contributed by atoms with Crippen molar-refractivity contribution in [1.29, 1.82) is 0 Å². The molecule has 0 radical (unpaired) electrons. The van der Waals surface area contributed by atoms with Gasteiger partial charge >= 0.3 is 12.1 Å². The number of carbonyl (C=O) groups excluding carboxylic acids is 1. The molecule has 0 spiro atoms. The smallest absolute Gasteiger partial charge is 0.401 e. The zero-order valence-corrected chi connectivity index (χ0v) is 10.8. The Bertz CT molecular complexity index is 235. The summed E-state index contributed by atoms with van der Waals surface area (Å²) in [4.78, 5) is 12.4. The highest BCUT2D eigenvalue weighted by Gasteiger charge is 2.31. The molecular weight excluding hydrogens is 249 g/mol. The Balaban J connectivity index is 4.09. The van der Waals surface area contributed by atoms with E-state index in [4.69, 9.17) is 4.74 Å². The van der Waals surface area contributed by atoms with E-state index in [1.54, 1.807) is 7.05 Å². The van der Waals surface area contributed by atoms with E-state index in [1.165, 1.54) is 0 Å². The average molecular weight is 270 g/mol. The molecular formula is C11H21F3N2O2. The SMILES string of the molecule is CCCCOC(=O)CN(CCNC)CC(F)(F)F. The van der Waals surface area contributed by atoms with Crippen LogP contribution < -0.4 is 5.32 Å². The maximum absolute atomic E-state index is 12.3. The first-order chi connectivity index (χ1) is 8.39. The van der Waals surface area contributed by atoms with Crippen LogP contribution in [0.1, 0.15) is 19.8 Å². The van der Waals surface area contributed by atoms with Gasteiger partial charge in [-0.15, -0.1) is 0 Å². The van der Waals surface area contributed by atoms with Gasteiger partial charge in [0.05, 0.1) is 19.7 Å². The molecule has 0 bridgehead atoms. The van der Waals surface area contributed by atoms with Crippen LogP contribution in [0.25, 0.3) is 0 Å². The van der Waals surface area contributed by atoms with Crippen molar-refractivity contribution in [3.05, 3.63) is 0 Å². The first-order valence-corrected chi connectivity index (χ1v) is 5.98. The molecule has 4 nitrogen and oxygen atoms in total. The number of likely N-dealkylation sites (N-methyl/N-ethyl adjacent to an activating group) is 1. The van der Waals surface area contributed by atoms with Crippen molar-refractivity contribution in [2.75, 3.05) is 39.8 Å². The van der Waals surface area contributed by atoms with E-state index < -0.39 is 18.7 Å². The third-order valence-corrected chi connectivity index (χ3v) is 2.19. The minimum atomic E-state index is -4.31. The molecule has 0 aromatic carbocycles. The zero-order valence-electron chi connectivity index (χ0n) is 10.8. The van der Waals surface area contributed by atoms with Gasteiger partial charge < -0.3 is 10.1 Å². The van der Waals surface area contributed by atoms with Crippen LogP contribution in [0, 0.1) is 0 Å². The maximum Gasteiger partial charge on any atom is 0.401 e. The highest BCUT2D eigenvalue weighted by Crippen LogP contribution is 2.16. The van der Waals surface area contributed by atoms with Crippen LogP contribution in [0.15, 0.2) is 0 Å². The average Bonchev–Trinajstić information content (AvgIpc) is 2.24. The fourth-order valence-corrected chi connectivity index (χ4v) is 1.30. The lowest BCUT2D eigenvalue weighted by atomic mass is 10.4. The van der Waals surface area contributed by atoms with Gasteiger partial charge in [-0.2, -0.15) is 13.2 Å². The van der Waals surface area contributed by atoms with Crippen LogP contribution in [0.2, 0.25) is 0 Å².